The largest absolute Gasteiger partial charge is 0.496 e. The Labute approximate surface area is 144 Å². The minimum atomic E-state index is -0.383. The average Bonchev–Trinajstić information content (AvgIpc) is 2.66. The third-order valence-corrected chi connectivity index (χ3v) is 3.87. The van der Waals surface area contributed by atoms with Crippen molar-refractivity contribution in [2.45, 2.75) is 19.6 Å². The van der Waals surface area contributed by atoms with Gasteiger partial charge in [-0.25, -0.2) is 4.98 Å². The predicted molar refractivity (Wildman–Crippen MR) is 93.4 cm³/mol. The summed E-state index contributed by atoms with van der Waals surface area (Å²) in [5.74, 6) is 0.288. The molecule has 1 aromatic heterocycles. The van der Waals surface area contributed by atoms with Gasteiger partial charge in [0.2, 0.25) is 0 Å². The second-order valence-corrected chi connectivity index (χ2v) is 5.48. The van der Waals surface area contributed by atoms with Gasteiger partial charge in [0.1, 0.15) is 12.4 Å². The highest BCUT2D eigenvalue weighted by Gasteiger charge is 2.09. The maximum Gasteiger partial charge on any atom is 0.307 e. The lowest BCUT2D eigenvalue weighted by atomic mass is 10.2. The Bertz CT molecular complexity index is 949. The number of ether oxygens (including phenoxy) is 2. The molecule has 0 amide bonds. The molecule has 3 rings (SSSR count). The van der Waals surface area contributed by atoms with E-state index in [2.05, 4.69) is 4.98 Å². The van der Waals surface area contributed by atoms with E-state index in [4.69, 9.17) is 9.47 Å². The van der Waals surface area contributed by atoms with Crippen molar-refractivity contribution in [2.75, 3.05) is 7.11 Å². The molecule has 0 atom stereocenters. The molecule has 0 spiro atoms. The number of para-hydroxylation sites is 2. The summed E-state index contributed by atoms with van der Waals surface area (Å²) in [5, 5.41) is 0.535. The van der Waals surface area contributed by atoms with Gasteiger partial charge >= 0.3 is 5.97 Å². The standard InChI is InChI=1S/C19H18N2O4/c1-24-17-9-5-2-6-14(17)12-25-18(22)10-11-21-13-20-16-8-4-3-7-15(16)19(21)23/h2-9,13H,10-12H2,1H3. The first-order valence-corrected chi connectivity index (χ1v) is 7.91. The number of benzene rings is 2. The van der Waals surface area contributed by atoms with Crippen LogP contribution in [0.3, 0.4) is 0 Å². The van der Waals surface area contributed by atoms with E-state index in [1.165, 1.54) is 10.9 Å². The fourth-order valence-electron chi connectivity index (χ4n) is 2.53. The predicted octanol–water partition coefficient (Wildman–Crippen LogP) is 2.54. The van der Waals surface area contributed by atoms with E-state index in [1.807, 2.05) is 30.3 Å². The Morgan fingerprint density at radius 3 is 2.72 bits per heavy atom. The average molecular weight is 338 g/mol. The molecule has 0 aliphatic carbocycles. The van der Waals surface area contributed by atoms with Crippen molar-refractivity contribution in [2.24, 2.45) is 0 Å². The number of methoxy groups -OCH3 is 1. The molecule has 0 bridgehead atoms. The Balaban J connectivity index is 1.61. The third-order valence-electron chi connectivity index (χ3n) is 3.87. The maximum absolute atomic E-state index is 12.4. The first-order chi connectivity index (χ1) is 12.2. The molecule has 1 heterocycles. The van der Waals surface area contributed by atoms with Gasteiger partial charge in [0.15, 0.2) is 0 Å². The molecular formula is C19H18N2O4. The van der Waals surface area contributed by atoms with Crippen LogP contribution >= 0.6 is 0 Å². The van der Waals surface area contributed by atoms with Crippen molar-refractivity contribution < 1.29 is 14.3 Å². The molecule has 0 fully saturated rings. The molecule has 128 valence electrons. The number of esters is 1. The maximum atomic E-state index is 12.4. The van der Waals surface area contributed by atoms with E-state index < -0.39 is 0 Å². The number of hydrogen-bond donors (Lipinski definition) is 0. The zero-order chi connectivity index (χ0) is 17.6. The zero-order valence-electron chi connectivity index (χ0n) is 13.8. The highest BCUT2D eigenvalue weighted by molar-refractivity contribution is 5.77. The number of aryl methyl sites for hydroxylation is 1. The lowest BCUT2D eigenvalue weighted by molar-refractivity contribution is -0.145. The molecule has 0 saturated heterocycles. The monoisotopic (exact) mass is 338 g/mol. The number of carbonyl (C=O) groups excluding carboxylic acids is 1. The highest BCUT2D eigenvalue weighted by atomic mass is 16.5. The molecule has 2 aromatic carbocycles. The lowest BCUT2D eigenvalue weighted by Gasteiger charge is -2.10. The summed E-state index contributed by atoms with van der Waals surface area (Å²) >= 11 is 0. The van der Waals surface area contributed by atoms with E-state index in [0.29, 0.717) is 16.7 Å². The highest BCUT2D eigenvalue weighted by Crippen LogP contribution is 2.18. The van der Waals surface area contributed by atoms with Crippen LogP contribution in [0.25, 0.3) is 10.9 Å². The van der Waals surface area contributed by atoms with Crippen LogP contribution in [-0.2, 0) is 22.7 Å². The number of carbonyl (C=O) groups is 1. The second-order valence-electron chi connectivity index (χ2n) is 5.48. The van der Waals surface area contributed by atoms with Gasteiger partial charge in [-0.05, 0) is 18.2 Å². The van der Waals surface area contributed by atoms with Gasteiger partial charge in [0, 0.05) is 12.1 Å². The van der Waals surface area contributed by atoms with Crippen LogP contribution < -0.4 is 10.3 Å². The van der Waals surface area contributed by atoms with E-state index in [9.17, 15) is 9.59 Å². The molecule has 0 aliphatic rings. The van der Waals surface area contributed by atoms with Crippen LogP contribution in [0.4, 0.5) is 0 Å². The van der Waals surface area contributed by atoms with Gasteiger partial charge in [-0.1, -0.05) is 30.3 Å². The van der Waals surface area contributed by atoms with Crippen LogP contribution in [0.15, 0.2) is 59.7 Å². The summed E-state index contributed by atoms with van der Waals surface area (Å²) in [4.78, 5) is 28.6. The molecular weight excluding hydrogens is 320 g/mol. The number of nitrogens with zero attached hydrogens (tertiary/aromatic N) is 2. The van der Waals surface area contributed by atoms with Crippen molar-refractivity contribution in [3.05, 3.63) is 70.8 Å². The Kier molecular flexibility index (Phi) is 5.09. The van der Waals surface area contributed by atoms with Crippen molar-refractivity contribution in [3.8, 4) is 5.75 Å². The second kappa shape index (κ2) is 7.61. The minimum absolute atomic E-state index is 0.0923. The van der Waals surface area contributed by atoms with E-state index in [1.54, 1.807) is 25.3 Å². The quantitative estimate of drug-likeness (QED) is 0.646. The zero-order valence-corrected chi connectivity index (χ0v) is 13.8. The molecule has 6 nitrogen and oxygen atoms in total. The number of rotatable bonds is 6. The summed E-state index contributed by atoms with van der Waals surface area (Å²) in [7, 11) is 1.57. The molecule has 0 aliphatic heterocycles. The van der Waals surface area contributed by atoms with Gasteiger partial charge < -0.3 is 9.47 Å². The van der Waals surface area contributed by atoms with Gasteiger partial charge in [0.05, 0.1) is 30.8 Å². The van der Waals surface area contributed by atoms with Gasteiger partial charge in [-0.15, -0.1) is 0 Å². The Morgan fingerprint density at radius 2 is 1.88 bits per heavy atom. The Morgan fingerprint density at radius 1 is 1.12 bits per heavy atom. The molecule has 0 radical (unpaired) electrons. The first kappa shape index (κ1) is 16.7. The normalized spacial score (nSPS) is 10.6. The van der Waals surface area contributed by atoms with Crippen molar-refractivity contribution in [3.63, 3.8) is 0 Å². The molecule has 0 saturated carbocycles. The van der Waals surface area contributed by atoms with Crippen molar-refractivity contribution in [1.29, 1.82) is 0 Å². The summed E-state index contributed by atoms with van der Waals surface area (Å²) in [5.41, 5.74) is 1.27. The number of fused-ring (bicyclic) bond motifs is 1. The van der Waals surface area contributed by atoms with Crippen LogP contribution in [0.2, 0.25) is 0 Å². The fraction of sp³-hybridized carbons (Fsp3) is 0.211. The van der Waals surface area contributed by atoms with Crippen LogP contribution in [0.5, 0.6) is 5.75 Å². The summed E-state index contributed by atoms with van der Waals surface area (Å²) in [6, 6.07) is 14.5. The van der Waals surface area contributed by atoms with E-state index in [0.717, 1.165) is 5.56 Å². The third kappa shape index (κ3) is 3.85. The smallest absolute Gasteiger partial charge is 0.307 e. The summed E-state index contributed by atoms with van der Waals surface area (Å²) in [6.07, 6.45) is 1.55. The van der Waals surface area contributed by atoms with Gasteiger partial charge in [-0.3, -0.25) is 14.2 Å². The first-order valence-electron chi connectivity index (χ1n) is 7.91. The van der Waals surface area contributed by atoms with Crippen LogP contribution in [0.1, 0.15) is 12.0 Å². The Hall–Kier alpha value is -3.15. The van der Waals surface area contributed by atoms with E-state index in [-0.39, 0.29) is 31.1 Å². The number of aromatic nitrogens is 2. The van der Waals surface area contributed by atoms with Gasteiger partial charge in [0.25, 0.3) is 5.56 Å². The fourth-order valence-corrected chi connectivity index (χ4v) is 2.53. The SMILES string of the molecule is COc1ccccc1COC(=O)CCn1cnc2ccccc2c1=O. The van der Waals surface area contributed by atoms with E-state index >= 15 is 0 Å². The minimum Gasteiger partial charge on any atom is -0.496 e. The molecule has 0 unspecified atom stereocenters. The van der Waals surface area contributed by atoms with Crippen LogP contribution in [0, 0.1) is 0 Å². The molecule has 3 aromatic rings. The van der Waals surface area contributed by atoms with Crippen LogP contribution in [-0.4, -0.2) is 22.6 Å². The topological polar surface area (TPSA) is 70.4 Å². The molecule has 25 heavy (non-hydrogen) atoms. The summed E-state index contributed by atoms with van der Waals surface area (Å²) < 4.78 is 11.9. The summed E-state index contributed by atoms with van der Waals surface area (Å²) in [6.45, 7) is 0.356. The lowest BCUT2D eigenvalue weighted by Crippen LogP contribution is -2.22. The molecule has 6 heteroatoms. The van der Waals surface area contributed by atoms with Gasteiger partial charge in [-0.2, -0.15) is 0 Å². The van der Waals surface area contributed by atoms with Crippen molar-refractivity contribution >= 4 is 16.9 Å². The molecule has 0 N–H and O–H groups in total. The van der Waals surface area contributed by atoms with Crippen molar-refractivity contribution in [1.82, 2.24) is 9.55 Å². The number of hydrogen-bond acceptors (Lipinski definition) is 5.